The van der Waals surface area contributed by atoms with Gasteiger partial charge in [-0.25, -0.2) is 9.67 Å². The predicted molar refractivity (Wildman–Crippen MR) is 112 cm³/mol. The van der Waals surface area contributed by atoms with Crippen LogP contribution in [0.15, 0.2) is 35.4 Å². The Bertz CT molecular complexity index is 1100. The van der Waals surface area contributed by atoms with Gasteiger partial charge in [-0.05, 0) is 32.9 Å². The first-order valence-electron chi connectivity index (χ1n) is 8.89. The maximum atomic E-state index is 12.1. The Kier molecular flexibility index (Phi) is 6.11. The van der Waals surface area contributed by atoms with Gasteiger partial charge in [0.1, 0.15) is 22.9 Å². The topological polar surface area (TPSA) is 110 Å². The lowest BCUT2D eigenvalue weighted by molar-refractivity contribution is -0.121. The van der Waals surface area contributed by atoms with Gasteiger partial charge in [-0.1, -0.05) is 11.6 Å². The molecule has 3 aromatic rings. The average Bonchev–Trinajstić information content (AvgIpc) is 3.10. The molecule has 0 radical (unpaired) electrons. The van der Waals surface area contributed by atoms with Crippen LogP contribution in [-0.4, -0.2) is 37.3 Å². The third-order valence-corrected chi connectivity index (χ3v) is 5.54. The Balaban J connectivity index is 2.10. The number of likely N-dealkylation sites (N-methyl/N-ethyl adjacent to an activating group) is 1. The summed E-state index contributed by atoms with van der Waals surface area (Å²) in [6.07, 6.45) is 3.15. The molecule has 0 saturated heterocycles. The van der Waals surface area contributed by atoms with Crippen molar-refractivity contribution < 1.29 is 9.90 Å². The fourth-order valence-electron chi connectivity index (χ4n) is 2.64. The van der Waals surface area contributed by atoms with E-state index < -0.39 is 11.2 Å². The fourth-order valence-corrected chi connectivity index (χ4v) is 3.87. The number of carbonyl (C=O) groups is 1. The Labute approximate surface area is 176 Å². The summed E-state index contributed by atoms with van der Waals surface area (Å²) < 4.78 is 1.08. The number of hydrogen-bond donors (Lipinski definition) is 2. The summed E-state index contributed by atoms with van der Waals surface area (Å²) in [5, 5.41) is 18.7. The van der Waals surface area contributed by atoms with Crippen LogP contribution in [0.25, 0.3) is 22.0 Å². The van der Waals surface area contributed by atoms with Crippen molar-refractivity contribution >= 4 is 28.8 Å². The Morgan fingerprint density at radius 3 is 2.76 bits per heavy atom. The van der Waals surface area contributed by atoms with Crippen LogP contribution in [-0.2, 0) is 16.9 Å². The minimum Gasteiger partial charge on any atom is -0.385 e. The van der Waals surface area contributed by atoms with Crippen LogP contribution in [0.2, 0.25) is 5.02 Å². The second kappa shape index (κ2) is 8.40. The van der Waals surface area contributed by atoms with E-state index in [9.17, 15) is 14.7 Å². The first-order chi connectivity index (χ1) is 13.7. The van der Waals surface area contributed by atoms with E-state index in [0.29, 0.717) is 38.4 Å². The van der Waals surface area contributed by atoms with Crippen LogP contribution in [0.3, 0.4) is 0 Å². The van der Waals surface area contributed by atoms with Crippen LogP contribution < -0.4 is 10.9 Å². The zero-order valence-electron chi connectivity index (χ0n) is 16.1. The standard InChI is InChI=1S/C19H20ClN5O3S/c1-4-22-14(26)10-25-15(27)6-5-13(24-25)16-17(19(2,3)28)29-18(23-16)11-7-12(20)9-21-8-11/h5-9,28H,4,10H2,1-3H3,(H,22,26). The predicted octanol–water partition coefficient (Wildman–Crippen LogP) is 2.45. The molecule has 2 N–H and O–H groups in total. The number of carbonyl (C=O) groups excluding carboxylic acids is 1. The summed E-state index contributed by atoms with van der Waals surface area (Å²) in [5.74, 6) is -0.314. The summed E-state index contributed by atoms with van der Waals surface area (Å²) in [6, 6.07) is 4.59. The van der Waals surface area contributed by atoms with E-state index in [1.807, 2.05) is 0 Å². The Hall–Kier alpha value is -2.62. The molecule has 3 heterocycles. The molecule has 0 fully saturated rings. The normalized spacial score (nSPS) is 11.5. The Morgan fingerprint density at radius 1 is 1.34 bits per heavy atom. The summed E-state index contributed by atoms with van der Waals surface area (Å²) in [6.45, 7) is 5.35. The molecule has 1 amide bonds. The highest BCUT2D eigenvalue weighted by atomic mass is 35.5. The van der Waals surface area contributed by atoms with Gasteiger partial charge in [0.25, 0.3) is 5.56 Å². The van der Waals surface area contributed by atoms with Crippen molar-refractivity contribution in [3.63, 3.8) is 0 Å². The van der Waals surface area contributed by atoms with Gasteiger partial charge in [0.05, 0.1) is 15.5 Å². The molecule has 8 nitrogen and oxygen atoms in total. The van der Waals surface area contributed by atoms with Crippen molar-refractivity contribution in [1.82, 2.24) is 25.1 Å². The summed E-state index contributed by atoms with van der Waals surface area (Å²) >= 11 is 7.33. The van der Waals surface area contributed by atoms with Crippen molar-refractivity contribution in [2.45, 2.75) is 32.9 Å². The monoisotopic (exact) mass is 433 g/mol. The van der Waals surface area contributed by atoms with E-state index in [2.05, 4.69) is 20.4 Å². The molecule has 0 aliphatic heterocycles. The van der Waals surface area contributed by atoms with Gasteiger partial charge in [0.15, 0.2) is 0 Å². The molecule has 29 heavy (non-hydrogen) atoms. The van der Waals surface area contributed by atoms with Gasteiger partial charge >= 0.3 is 0 Å². The molecule has 3 rings (SSSR count). The van der Waals surface area contributed by atoms with Gasteiger partial charge < -0.3 is 10.4 Å². The van der Waals surface area contributed by atoms with Crippen LogP contribution in [0.4, 0.5) is 0 Å². The average molecular weight is 434 g/mol. The number of halogens is 1. The zero-order valence-corrected chi connectivity index (χ0v) is 17.7. The third kappa shape index (κ3) is 4.87. The van der Waals surface area contributed by atoms with E-state index in [1.165, 1.54) is 29.7 Å². The molecule has 10 heteroatoms. The second-order valence-corrected chi connectivity index (χ2v) is 8.25. The lowest BCUT2D eigenvalue weighted by Crippen LogP contribution is -2.33. The first-order valence-corrected chi connectivity index (χ1v) is 10.1. The lowest BCUT2D eigenvalue weighted by atomic mass is 10.0. The minimum atomic E-state index is -1.19. The highest BCUT2D eigenvalue weighted by Gasteiger charge is 2.27. The van der Waals surface area contributed by atoms with Crippen LogP contribution >= 0.6 is 22.9 Å². The van der Waals surface area contributed by atoms with Gasteiger partial charge in [-0.15, -0.1) is 11.3 Å². The van der Waals surface area contributed by atoms with Crippen LogP contribution in [0.5, 0.6) is 0 Å². The smallest absolute Gasteiger partial charge is 0.267 e. The van der Waals surface area contributed by atoms with Crippen molar-refractivity contribution in [2.24, 2.45) is 0 Å². The molecule has 152 valence electrons. The van der Waals surface area contributed by atoms with Crippen molar-refractivity contribution in [3.05, 3.63) is 50.8 Å². The molecule has 0 aromatic carbocycles. The molecule has 0 bridgehead atoms. The van der Waals surface area contributed by atoms with Crippen LogP contribution in [0.1, 0.15) is 25.6 Å². The maximum Gasteiger partial charge on any atom is 0.267 e. The molecule has 0 aliphatic rings. The molecule has 0 atom stereocenters. The SMILES string of the molecule is CCNC(=O)Cn1nc(-c2nc(-c3cncc(Cl)c3)sc2C(C)(C)O)ccc1=O. The van der Waals surface area contributed by atoms with Gasteiger partial charge in [-0.3, -0.25) is 14.6 Å². The van der Waals surface area contributed by atoms with E-state index in [4.69, 9.17) is 11.6 Å². The van der Waals surface area contributed by atoms with Gasteiger partial charge in [0.2, 0.25) is 5.91 Å². The second-order valence-electron chi connectivity index (χ2n) is 6.82. The number of aliphatic hydroxyl groups is 1. The van der Waals surface area contributed by atoms with E-state index >= 15 is 0 Å². The van der Waals surface area contributed by atoms with Crippen molar-refractivity contribution in [3.8, 4) is 22.0 Å². The zero-order chi connectivity index (χ0) is 21.2. The molecule has 0 unspecified atom stereocenters. The number of rotatable bonds is 6. The summed E-state index contributed by atoms with van der Waals surface area (Å²) in [5.41, 5.74) is -0.0840. The summed E-state index contributed by atoms with van der Waals surface area (Å²) in [7, 11) is 0. The number of thiazole rings is 1. The molecule has 0 spiro atoms. The van der Waals surface area contributed by atoms with E-state index in [1.54, 1.807) is 33.0 Å². The Morgan fingerprint density at radius 2 is 2.10 bits per heavy atom. The minimum absolute atomic E-state index is 0.201. The van der Waals surface area contributed by atoms with E-state index in [0.717, 1.165) is 4.68 Å². The van der Waals surface area contributed by atoms with Crippen molar-refractivity contribution in [1.29, 1.82) is 0 Å². The largest absolute Gasteiger partial charge is 0.385 e. The van der Waals surface area contributed by atoms with Crippen LogP contribution in [0, 0.1) is 0 Å². The summed E-state index contributed by atoms with van der Waals surface area (Å²) in [4.78, 5) is 33.3. The highest BCUT2D eigenvalue weighted by Crippen LogP contribution is 2.39. The number of amides is 1. The number of hydrogen-bond acceptors (Lipinski definition) is 7. The highest BCUT2D eigenvalue weighted by molar-refractivity contribution is 7.15. The fraction of sp³-hybridized carbons (Fsp3) is 0.316. The molecule has 0 saturated carbocycles. The molecule has 0 aliphatic carbocycles. The lowest BCUT2D eigenvalue weighted by Gasteiger charge is -2.16. The van der Waals surface area contributed by atoms with Gasteiger partial charge in [-0.2, -0.15) is 5.10 Å². The maximum absolute atomic E-state index is 12.1. The number of aromatic nitrogens is 4. The van der Waals surface area contributed by atoms with E-state index in [-0.39, 0.29) is 12.5 Å². The van der Waals surface area contributed by atoms with Crippen molar-refractivity contribution in [2.75, 3.05) is 6.54 Å². The quantitative estimate of drug-likeness (QED) is 0.617. The number of nitrogens with zero attached hydrogens (tertiary/aromatic N) is 4. The molecular formula is C19H20ClN5O3S. The first kappa shape index (κ1) is 21.1. The number of nitrogens with one attached hydrogen (secondary N) is 1. The number of pyridine rings is 1. The van der Waals surface area contributed by atoms with Gasteiger partial charge in [0, 0.05) is 30.6 Å². The third-order valence-electron chi connectivity index (χ3n) is 3.91. The molecule has 3 aromatic heterocycles. The molecular weight excluding hydrogens is 414 g/mol.